The summed E-state index contributed by atoms with van der Waals surface area (Å²) in [6, 6.07) is 15.9. The minimum absolute atomic E-state index is 0.0712. The molecule has 4 heterocycles. The zero-order chi connectivity index (χ0) is 30.2. The Morgan fingerprint density at radius 1 is 0.955 bits per heavy atom. The monoisotopic (exact) mass is 614 g/mol. The Kier molecular flexibility index (Phi) is 7.44. The molecule has 2 N–H and O–H groups in total. The van der Waals surface area contributed by atoms with E-state index >= 15 is 4.39 Å². The Bertz CT molecular complexity index is 1990. The van der Waals surface area contributed by atoms with E-state index in [9.17, 15) is 8.78 Å². The second kappa shape index (κ2) is 11.7. The molecule has 222 valence electrons. The Balaban J connectivity index is 1.34. The van der Waals surface area contributed by atoms with Gasteiger partial charge in [0.15, 0.2) is 11.6 Å². The van der Waals surface area contributed by atoms with Crippen LogP contribution in [0, 0.1) is 17.5 Å². The molecule has 1 fully saturated rings. The number of rotatable bonds is 7. The van der Waals surface area contributed by atoms with Gasteiger partial charge in [0.1, 0.15) is 34.4 Å². The van der Waals surface area contributed by atoms with E-state index in [-0.39, 0.29) is 16.1 Å². The molecule has 1 saturated heterocycles. The molecule has 1 aliphatic heterocycles. The van der Waals surface area contributed by atoms with Gasteiger partial charge in [0.2, 0.25) is 0 Å². The van der Waals surface area contributed by atoms with Crippen molar-refractivity contribution in [1.82, 2.24) is 19.9 Å². The molecule has 3 aromatic carbocycles. The third-order valence-electron chi connectivity index (χ3n) is 7.43. The third kappa shape index (κ3) is 5.16. The predicted molar refractivity (Wildman–Crippen MR) is 165 cm³/mol. The number of fused-ring (bicyclic) bond motifs is 2. The standard InChI is InChI=1S/C32H25F3N6O2S/c1-42-26-16-19(21-4-2-7-25(27(21)35)40-44-29-23(33)5-3-6-24(29)34)15-22-28(26)38-31(39-32(22)41-10-12-43-13-11-41)20-14-18-8-9-36-30(18)37-17-20/h2-9,14-17,40H,10-13H2,1H3,(H,36,37). The van der Waals surface area contributed by atoms with Crippen molar-refractivity contribution in [3.63, 3.8) is 0 Å². The Hall–Kier alpha value is -4.81. The van der Waals surface area contributed by atoms with Crippen LogP contribution < -0.4 is 14.4 Å². The lowest BCUT2D eigenvalue weighted by molar-refractivity contribution is 0.122. The zero-order valence-electron chi connectivity index (χ0n) is 23.4. The number of hydrogen-bond donors (Lipinski definition) is 2. The van der Waals surface area contributed by atoms with E-state index in [1.807, 2.05) is 24.4 Å². The lowest BCUT2D eigenvalue weighted by Gasteiger charge is -2.29. The van der Waals surface area contributed by atoms with E-state index < -0.39 is 17.5 Å². The maximum absolute atomic E-state index is 16.0. The average Bonchev–Trinajstić information content (AvgIpc) is 3.53. The highest BCUT2D eigenvalue weighted by molar-refractivity contribution is 8.00. The number of benzene rings is 3. The Labute approximate surface area is 254 Å². The van der Waals surface area contributed by atoms with Gasteiger partial charge in [-0.15, -0.1) is 0 Å². The molecule has 0 unspecified atom stereocenters. The van der Waals surface area contributed by atoms with Gasteiger partial charge in [-0.3, -0.25) is 0 Å². The van der Waals surface area contributed by atoms with Gasteiger partial charge in [-0.25, -0.2) is 28.1 Å². The van der Waals surface area contributed by atoms with Crippen molar-refractivity contribution in [2.45, 2.75) is 4.90 Å². The molecular formula is C32H25F3N6O2S. The van der Waals surface area contributed by atoms with Gasteiger partial charge in [-0.1, -0.05) is 18.2 Å². The van der Waals surface area contributed by atoms with E-state index in [1.165, 1.54) is 19.2 Å². The van der Waals surface area contributed by atoms with E-state index in [1.54, 1.807) is 24.4 Å². The molecule has 6 aromatic rings. The number of hydrogen-bond acceptors (Lipinski definition) is 8. The highest BCUT2D eigenvalue weighted by atomic mass is 32.2. The van der Waals surface area contributed by atoms with Crippen molar-refractivity contribution in [2.75, 3.05) is 43.0 Å². The number of nitrogens with zero attached hydrogens (tertiary/aromatic N) is 4. The van der Waals surface area contributed by atoms with Crippen LogP contribution in [-0.4, -0.2) is 53.3 Å². The molecule has 3 aromatic heterocycles. The van der Waals surface area contributed by atoms with Crippen molar-refractivity contribution in [1.29, 1.82) is 0 Å². The number of nitrogens with one attached hydrogen (secondary N) is 2. The van der Waals surface area contributed by atoms with E-state index in [0.29, 0.717) is 72.1 Å². The quantitative estimate of drug-likeness (QED) is 0.182. The Morgan fingerprint density at radius 3 is 2.55 bits per heavy atom. The fraction of sp³-hybridized carbons (Fsp3) is 0.156. The van der Waals surface area contributed by atoms with Crippen molar-refractivity contribution < 1.29 is 22.6 Å². The number of H-pyrrole nitrogens is 1. The number of morpholine rings is 1. The number of pyridine rings is 1. The second-order valence-electron chi connectivity index (χ2n) is 10.1. The molecule has 0 bridgehead atoms. The maximum Gasteiger partial charge on any atom is 0.163 e. The largest absolute Gasteiger partial charge is 0.494 e. The first-order chi connectivity index (χ1) is 21.5. The van der Waals surface area contributed by atoms with E-state index in [2.05, 4.69) is 19.6 Å². The van der Waals surface area contributed by atoms with Crippen LogP contribution in [0.5, 0.6) is 5.75 Å². The van der Waals surface area contributed by atoms with Crippen LogP contribution in [0.25, 0.3) is 44.5 Å². The molecule has 7 rings (SSSR count). The summed E-state index contributed by atoms with van der Waals surface area (Å²) in [5.74, 6) is -0.478. The highest BCUT2D eigenvalue weighted by Gasteiger charge is 2.23. The summed E-state index contributed by atoms with van der Waals surface area (Å²) < 4.78 is 58.5. The predicted octanol–water partition coefficient (Wildman–Crippen LogP) is 7.22. The van der Waals surface area contributed by atoms with Crippen LogP contribution in [0.1, 0.15) is 0 Å². The highest BCUT2D eigenvalue weighted by Crippen LogP contribution is 2.40. The number of halogens is 3. The van der Waals surface area contributed by atoms with Gasteiger partial charge in [0.25, 0.3) is 0 Å². The fourth-order valence-electron chi connectivity index (χ4n) is 5.22. The summed E-state index contributed by atoms with van der Waals surface area (Å²) in [6.07, 6.45) is 3.55. The van der Waals surface area contributed by atoms with Crippen LogP contribution in [0.15, 0.2) is 78.0 Å². The van der Waals surface area contributed by atoms with Crippen LogP contribution in [0.3, 0.4) is 0 Å². The van der Waals surface area contributed by atoms with Gasteiger partial charge in [0, 0.05) is 47.4 Å². The summed E-state index contributed by atoms with van der Waals surface area (Å²) in [4.78, 5) is 19.4. The molecule has 0 aliphatic carbocycles. The molecule has 0 saturated carbocycles. The molecule has 44 heavy (non-hydrogen) atoms. The number of anilines is 2. The molecule has 0 radical (unpaired) electrons. The maximum atomic E-state index is 16.0. The van der Waals surface area contributed by atoms with Gasteiger partial charge in [-0.2, -0.15) is 0 Å². The van der Waals surface area contributed by atoms with Crippen LogP contribution in [-0.2, 0) is 4.74 Å². The van der Waals surface area contributed by atoms with Crippen LogP contribution in [0.2, 0.25) is 0 Å². The lowest BCUT2D eigenvalue weighted by atomic mass is 10.0. The average molecular weight is 615 g/mol. The van der Waals surface area contributed by atoms with Gasteiger partial charge in [0.05, 0.1) is 30.9 Å². The zero-order valence-corrected chi connectivity index (χ0v) is 24.2. The molecule has 12 heteroatoms. The lowest BCUT2D eigenvalue weighted by Crippen LogP contribution is -2.37. The van der Waals surface area contributed by atoms with E-state index in [0.717, 1.165) is 28.7 Å². The van der Waals surface area contributed by atoms with Gasteiger partial charge >= 0.3 is 0 Å². The molecule has 8 nitrogen and oxygen atoms in total. The molecule has 0 amide bonds. The number of ether oxygens (including phenoxy) is 2. The number of aromatic nitrogens is 4. The second-order valence-corrected chi connectivity index (χ2v) is 10.9. The molecule has 0 atom stereocenters. The smallest absolute Gasteiger partial charge is 0.163 e. The number of methoxy groups -OCH3 is 1. The summed E-state index contributed by atoms with van der Waals surface area (Å²) >= 11 is 0.667. The van der Waals surface area contributed by atoms with Crippen molar-refractivity contribution in [2.24, 2.45) is 0 Å². The van der Waals surface area contributed by atoms with Crippen molar-refractivity contribution in [3.05, 3.63) is 90.5 Å². The van der Waals surface area contributed by atoms with Gasteiger partial charge in [-0.05, 0) is 60.0 Å². The van der Waals surface area contributed by atoms with Crippen molar-refractivity contribution >= 4 is 45.4 Å². The summed E-state index contributed by atoms with van der Waals surface area (Å²) in [5, 5.41) is 1.61. The minimum atomic E-state index is -0.739. The summed E-state index contributed by atoms with van der Waals surface area (Å²) in [5.41, 5.74) is 2.94. The summed E-state index contributed by atoms with van der Waals surface area (Å²) in [7, 11) is 1.54. The first-order valence-corrected chi connectivity index (χ1v) is 14.6. The number of aromatic amines is 1. The normalized spacial score (nSPS) is 13.5. The van der Waals surface area contributed by atoms with Gasteiger partial charge < -0.3 is 24.1 Å². The molecule has 1 aliphatic rings. The first-order valence-electron chi connectivity index (χ1n) is 13.8. The minimum Gasteiger partial charge on any atom is -0.494 e. The summed E-state index contributed by atoms with van der Waals surface area (Å²) in [6.45, 7) is 2.31. The Morgan fingerprint density at radius 2 is 1.75 bits per heavy atom. The van der Waals surface area contributed by atoms with Crippen LogP contribution in [0.4, 0.5) is 24.7 Å². The SMILES string of the molecule is COc1cc(-c2cccc(NSc3c(F)cccc3F)c2F)cc2c(N3CCOCC3)nc(-c3cnc4[nH]ccc4c3)nc12. The van der Waals surface area contributed by atoms with Crippen molar-refractivity contribution in [3.8, 4) is 28.3 Å². The van der Waals surface area contributed by atoms with Crippen LogP contribution >= 0.6 is 11.9 Å². The molecule has 0 spiro atoms. The van der Waals surface area contributed by atoms with E-state index in [4.69, 9.17) is 19.4 Å². The molecular weight excluding hydrogens is 589 g/mol. The third-order valence-corrected chi connectivity index (χ3v) is 8.34. The topological polar surface area (TPSA) is 88.2 Å². The fourth-order valence-corrected chi connectivity index (χ4v) is 5.92. The first kappa shape index (κ1) is 28.0.